The minimum Gasteiger partial charge on any atom is -0.465 e. The first kappa shape index (κ1) is 20.1. The van der Waals surface area contributed by atoms with E-state index in [0.29, 0.717) is 16.7 Å². The van der Waals surface area contributed by atoms with E-state index in [2.05, 4.69) is 4.74 Å². The lowest BCUT2D eigenvalue weighted by Crippen LogP contribution is -2.23. The first-order chi connectivity index (χ1) is 12.8. The Balaban J connectivity index is 1.97. The van der Waals surface area contributed by atoms with Gasteiger partial charge in [0.15, 0.2) is 6.10 Å². The summed E-state index contributed by atoms with van der Waals surface area (Å²) in [4.78, 5) is 35.8. The molecule has 0 saturated heterocycles. The van der Waals surface area contributed by atoms with Gasteiger partial charge in [-0.15, -0.1) is 0 Å². The van der Waals surface area contributed by atoms with Crippen molar-refractivity contribution in [1.29, 1.82) is 0 Å². The van der Waals surface area contributed by atoms with Gasteiger partial charge < -0.3 is 9.47 Å². The molecule has 27 heavy (non-hydrogen) atoms. The Morgan fingerprint density at radius 3 is 2.15 bits per heavy atom. The van der Waals surface area contributed by atoms with E-state index < -0.39 is 18.0 Å². The van der Waals surface area contributed by atoms with Crippen molar-refractivity contribution in [3.8, 4) is 0 Å². The summed E-state index contributed by atoms with van der Waals surface area (Å²) in [7, 11) is 1.31. The van der Waals surface area contributed by atoms with Gasteiger partial charge in [-0.3, -0.25) is 4.79 Å². The fourth-order valence-electron chi connectivity index (χ4n) is 2.41. The lowest BCUT2D eigenvalue weighted by atomic mass is 10.0. The van der Waals surface area contributed by atoms with Gasteiger partial charge in [-0.1, -0.05) is 24.3 Å². The van der Waals surface area contributed by atoms with Crippen LogP contribution in [0, 0.1) is 13.8 Å². The number of rotatable bonds is 6. The third kappa shape index (κ3) is 5.38. The third-order valence-corrected chi connectivity index (χ3v) is 4.20. The van der Waals surface area contributed by atoms with E-state index in [1.54, 1.807) is 49.4 Å². The van der Waals surface area contributed by atoms with Crippen LogP contribution in [0.15, 0.2) is 48.5 Å². The molecule has 5 nitrogen and oxygen atoms in total. The number of esters is 2. The molecule has 0 amide bonds. The number of methoxy groups -OCH3 is 1. The normalized spacial score (nSPS) is 11.9. The SMILES string of the molecule is COC(=O)c1ccc(/C=C/C(=O)O[C@H](C)C(=O)c2ccc(C)c(C)c2)cc1. The van der Waals surface area contributed by atoms with Crippen LogP contribution in [0.5, 0.6) is 0 Å². The van der Waals surface area contributed by atoms with Crippen LogP contribution in [-0.4, -0.2) is 30.9 Å². The predicted molar refractivity (Wildman–Crippen MR) is 103 cm³/mol. The molecule has 0 spiro atoms. The minimum atomic E-state index is -0.883. The van der Waals surface area contributed by atoms with Crippen molar-refractivity contribution in [3.05, 3.63) is 76.4 Å². The number of ether oxygens (including phenoxy) is 2. The Hall–Kier alpha value is -3.21. The molecule has 0 aromatic heterocycles. The maximum atomic E-state index is 12.4. The molecule has 0 aliphatic carbocycles. The Morgan fingerprint density at radius 1 is 0.926 bits per heavy atom. The molecule has 0 aliphatic heterocycles. The summed E-state index contributed by atoms with van der Waals surface area (Å²) >= 11 is 0. The van der Waals surface area contributed by atoms with Crippen molar-refractivity contribution in [2.75, 3.05) is 7.11 Å². The number of benzene rings is 2. The van der Waals surface area contributed by atoms with Crippen LogP contribution in [0.25, 0.3) is 6.08 Å². The summed E-state index contributed by atoms with van der Waals surface area (Å²) in [5.74, 6) is -1.29. The van der Waals surface area contributed by atoms with E-state index in [1.165, 1.54) is 13.2 Å². The number of hydrogen-bond acceptors (Lipinski definition) is 5. The summed E-state index contributed by atoms with van der Waals surface area (Å²) in [6.45, 7) is 5.45. The molecule has 0 aliphatic rings. The molecule has 140 valence electrons. The van der Waals surface area contributed by atoms with Crippen LogP contribution in [0.4, 0.5) is 0 Å². The number of aryl methyl sites for hydroxylation is 2. The van der Waals surface area contributed by atoms with Crippen molar-refractivity contribution < 1.29 is 23.9 Å². The summed E-state index contributed by atoms with van der Waals surface area (Å²) in [6.07, 6.45) is 1.92. The molecule has 0 saturated carbocycles. The molecule has 2 rings (SSSR count). The fraction of sp³-hybridized carbons (Fsp3) is 0.227. The van der Waals surface area contributed by atoms with Crippen LogP contribution in [-0.2, 0) is 14.3 Å². The van der Waals surface area contributed by atoms with E-state index in [4.69, 9.17) is 4.74 Å². The van der Waals surface area contributed by atoms with Gasteiger partial charge in [0.1, 0.15) is 0 Å². The van der Waals surface area contributed by atoms with Gasteiger partial charge in [-0.05, 0) is 61.7 Å². The van der Waals surface area contributed by atoms with E-state index >= 15 is 0 Å². The smallest absolute Gasteiger partial charge is 0.337 e. The zero-order valence-electron chi connectivity index (χ0n) is 15.8. The molecule has 0 heterocycles. The Labute approximate surface area is 158 Å². The Kier molecular flexibility index (Phi) is 6.66. The highest BCUT2D eigenvalue weighted by Gasteiger charge is 2.18. The zero-order chi connectivity index (χ0) is 20.0. The quantitative estimate of drug-likeness (QED) is 0.440. The molecule has 2 aromatic carbocycles. The summed E-state index contributed by atoms with van der Waals surface area (Å²) < 4.78 is 9.82. The lowest BCUT2D eigenvalue weighted by molar-refractivity contribution is -0.140. The molecule has 0 N–H and O–H groups in total. The molecule has 0 bridgehead atoms. The van der Waals surface area contributed by atoms with Gasteiger partial charge in [0, 0.05) is 11.6 Å². The summed E-state index contributed by atoms with van der Waals surface area (Å²) in [6, 6.07) is 12.0. The minimum absolute atomic E-state index is 0.248. The van der Waals surface area contributed by atoms with Crippen molar-refractivity contribution in [2.24, 2.45) is 0 Å². The molecule has 5 heteroatoms. The third-order valence-electron chi connectivity index (χ3n) is 4.20. The van der Waals surface area contributed by atoms with Gasteiger partial charge in [-0.25, -0.2) is 9.59 Å². The maximum absolute atomic E-state index is 12.4. The van der Waals surface area contributed by atoms with Crippen LogP contribution in [0.3, 0.4) is 0 Å². The van der Waals surface area contributed by atoms with E-state index in [-0.39, 0.29) is 5.78 Å². The number of hydrogen-bond donors (Lipinski definition) is 0. The maximum Gasteiger partial charge on any atom is 0.337 e. The molecule has 0 radical (unpaired) electrons. The molecular formula is C22H22O5. The first-order valence-corrected chi connectivity index (χ1v) is 8.50. The molecular weight excluding hydrogens is 344 g/mol. The monoisotopic (exact) mass is 366 g/mol. The van der Waals surface area contributed by atoms with Gasteiger partial charge in [0.05, 0.1) is 12.7 Å². The van der Waals surface area contributed by atoms with E-state index in [0.717, 1.165) is 11.1 Å². The molecule has 2 aromatic rings. The fourth-order valence-corrected chi connectivity index (χ4v) is 2.41. The zero-order valence-corrected chi connectivity index (χ0v) is 15.8. The van der Waals surface area contributed by atoms with Gasteiger partial charge >= 0.3 is 11.9 Å². The Morgan fingerprint density at radius 2 is 1.56 bits per heavy atom. The van der Waals surface area contributed by atoms with Crippen molar-refractivity contribution in [2.45, 2.75) is 26.9 Å². The standard InChI is InChI=1S/C22H22O5/c1-14-5-9-19(13-15(14)2)21(24)16(3)27-20(23)12-8-17-6-10-18(11-7-17)22(25)26-4/h5-13,16H,1-4H3/b12-8+/t16-/m1/s1. The second-order valence-corrected chi connectivity index (χ2v) is 6.19. The number of Topliss-reactive ketones (excluding diaryl/α,β-unsaturated/α-hetero) is 1. The van der Waals surface area contributed by atoms with Gasteiger partial charge in [0.25, 0.3) is 0 Å². The number of carbonyl (C=O) groups is 3. The van der Waals surface area contributed by atoms with Crippen molar-refractivity contribution in [1.82, 2.24) is 0 Å². The van der Waals surface area contributed by atoms with Gasteiger partial charge in [0.2, 0.25) is 5.78 Å². The number of ketones is 1. The first-order valence-electron chi connectivity index (χ1n) is 8.50. The Bertz CT molecular complexity index is 878. The lowest BCUT2D eigenvalue weighted by Gasteiger charge is -2.12. The summed E-state index contributed by atoms with van der Waals surface area (Å²) in [5.41, 5.74) is 3.75. The second kappa shape index (κ2) is 8.94. The van der Waals surface area contributed by atoms with Crippen molar-refractivity contribution in [3.63, 3.8) is 0 Å². The predicted octanol–water partition coefficient (Wildman–Crippen LogP) is 3.92. The summed E-state index contributed by atoms with van der Waals surface area (Å²) in [5, 5.41) is 0. The highest BCUT2D eigenvalue weighted by Crippen LogP contribution is 2.13. The average Bonchev–Trinajstić information content (AvgIpc) is 2.67. The molecule has 1 atom stereocenters. The number of carbonyl (C=O) groups excluding carboxylic acids is 3. The topological polar surface area (TPSA) is 69.7 Å². The van der Waals surface area contributed by atoms with Crippen LogP contribution in [0.2, 0.25) is 0 Å². The molecule has 0 fully saturated rings. The largest absolute Gasteiger partial charge is 0.465 e. The van der Waals surface area contributed by atoms with Gasteiger partial charge in [-0.2, -0.15) is 0 Å². The van der Waals surface area contributed by atoms with Crippen LogP contribution < -0.4 is 0 Å². The van der Waals surface area contributed by atoms with Crippen molar-refractivity contribution >= 4 is 23.8 Å². The van der Waals surface area contributed by atoms with E-state index in [9.17, 15) is 14.4 Å². The second-order valence-electron chi connectivity index (χ2n) is 6.19. The molecule has 0 unspecified atom stereocenters. The average molecular weight is 366 g/mol. The van der Waals surface area contributed by atoms with Crippen LogP contribution in [0.1, 0.15) is 44.3 Å². The highest BCUT2D eigenvalue weighted by atomic mass is 16.5. The van der Waals surface area contributed by atoms with Crippen LogP contribution >= 0.6 is 0 Å². The highest BCUT2D eigenvalue weighted by molar-refractivity contribution is 6.01. The van der Waals surface area contributed by atoms with E-state index in [1.807, 2.05) is 19.9 Å².